The molecule has 5 nitrogen and oxygen atoms in total. The molecule has 1 heterocycles. The Labute approximate surface area is 190 Å². The summed E-state index contributed by atoms with van der Waals surface area (Å²) in [4.78, 5) is 13.6. The van der Waals surface area contributed by atoms with Gasteiger partial charge in [-0.25, -0.2) is 8.42 Å². The van der Waals surface area contributed by atoms with Gasteiger partial charge in [0.2, 0.25) is 15.9 Å². The first kappa shape index (κ1) is 22.2. The molecule has 1 saturated heterocycles. The third-order valence-corrected chi connectivity index (χ3v) is 7.85. The third kappa shape index (κ3) is 4.92. The van der Waals surface area contributed by atoms with E-state index >= 15 is 0 Å². The van der Waals surface area contributed by atoms with Gasteiger partial charge in [-0.3, -0.25) is 4.79 Å². The molecule has 0 unspecified atom stereocenters. The van der Waals surface area contributed by atoms with Gasteiger partial charge in [-0.15, -0.1) is 0 Å². The second-order valence-electron chi connectivity index (χ2n) is 8.28. The summed E-state index contributed by atoms with van der Waals surface area (Å²) in [6.07, 6.45) is 1.33. The number of aryl methyl sites for hydroxylation is 1. The highest BCUT2D eigenvalue weighted by atomic mass is 32.2. The van der Waals surface area contributed by atoms with Crippen LogP contribution >= 0.6 is 0 Å². The summed E-state index contributed by atoms with van der Waals surface area (Å²) < 4.78 is 27.5. The smallest absolute Gasteiger partial charge is 0.243 e. The third-order valence-electron chi connectivity index (χ3n) is 5.97. The zero-order chi connectivity index (χ0) is 22.6. The molecule has 1 amide bonds. The SMILES string of the molecule is Cc1ccc([C@H](NC(=O)[C@H]2CCCN(S(=O)(=O)c3ccccc3)C2)c2ccccc2)cc1. The standard InChI is InChI=1S/C26H28N2O3S/c1-20-14-16-22(17-15-20)25(21-9-4-2-5-10-21)27-26(29)23-11-8-18-28(19-23)32(30,31)24-12-6-3-7-13-24/h2-7,9-10,12-17,23,25H,8,11,18-19H2,1H3,(H,27,29)/t23-,25+/m0/s1. The largest absolute Gasteiger partial charge is 0.345 e. The highest BCUT2D eigenvalue weighted by molar-refractivity contribution is 7.89. The Balaban J connectivity index is 1.54. The Morgan fingerprint density at radius 2 is 1.50 bits per heavy atom. The first-order chi connectivity index (χ1) is 15.4. The van der Waals surface area contributed by atoms with Crippen LogP contribution in [0.15, 0.2) is 89.8 Å². The van der Waals surface area contributed by atoms with Crippen molar-refractivity contribution in [3.8, 4) is 0 Å². The lowest BCUT2D eigenvalue weighted by molar-refractivity contribution is -0.126. The average Bonchev–Trinajstić information content (AvgIpc) is 2.84. The van der Waals surface area contributed by atoms with E-state index in [4.69, 9.17) is 0 Å². The van der Waals surface area contributed by atoms with Gasteiger partial charge in [-0.2, -0.15) is 4.31 Å². The van der Waals surface area contributed by atoms with E-state index in [-0.39, 0.29) is 29.3 Å². The number of hydrogen-bond acceptors (Lipinski definition) is 3. The average molecular weight is 449 g/mol. The molecule has 166 valence electrons. The van der Waals surface area contributed by atoms with Crippen LogP contribution in [0.4, 0.5) is 0 Å². The van der Waals surface area contributed by atoms with Crippen molar-refractivity contribution < 1.29 is 13.2 Å². The van der Waals surface area contributed by atoms with Gasteiger partial charge in [0.15, 0.2) is 0 Å². The minimum atomic E-state index is -3.61. The molecule has 1 aliphatic rings. The maximum atomic E-state index is 13.3. The van der Waals surface area contributed by atoms with Crippen molar-refractivity contribution >= 4 is 15.9 Å². The predicted octanol–water partition coefficient (Wildman–Crippen LogP) is 4.30. The van der Waals surface area contributed by atoms with Gasteiger partial charge >= 0.3 is 0 Å². The molecule has 0 aromatic heterocycles. The molecule has 0 radical (unpaired) electrons. The fraction of sp³-hybridized carbons (Fsp3) is 0.269. The molecule has 0 aliphatic carbocycles. The highest BCUT2D eigenvalue weighted by Crippen LogP contribution is 2.27. The lowest BCUT2D eigenvalue weighted by Gasteiger charge is -2.32. The Morgan fingerprint density at radius 3 is 2.16 bits per heavy atom. The Bertz CT molecular complexity index is 1150. The lowest BCUT2D eigenvalue weighted by Crippen LogP contribution is -2.46. The van der Waals surface area contributed by atoms with Gasteiger partial charge in [0.1, 0.15) is 0 Å². The van der Waals surface area contributed by atoms with Gasteiger partial charge < -0.3 is 5.32 Å². The minimum absolute atomic E-state index is 0.118. The van der Waals surface area contributed by atoms with Crippen LogP contribution in [0, 0.1) is 12.8 Å². The van der Waals surface area contributed by atoms with Crippen molar-refractivity contribution in [1.29, 1.82) is 0 Å². The van der Waals surface area contributed by atoms with Crippen LogP contribution in [-0.4, -0.2) is 31.7 Å². The summed E-state index contributed by atoms with van der Waals surface area (Å²) in [5.74, 6) is -0.508. The van der Waals surface area contributed by atoms with Gasteiger partial charge in [-0.1, -0.05) is 78.4 Å². The fourth-order valence-electron chi connectivity index (χ4n) is 4.14. The molecule has 6 heteroatoms. The second kappa shape index (κ2) is 9.67. The van der Waals surface area contributed by atoms with E-state index < -0.39 is 10.0 Å². The summed E-state index contributed by atoms with van der Waals surface area (Å²) in [6.45, 7) is 2.66. The molecule has 2 atom stereocenters. The minimum Gasteiger partial charge on any atom is -0.345 e. The number of piperidine rings is 1. The van der Waals surface area contributed by atoms with Crippen molar-refractivity contribution in [2.24, 2.45) is 5.92 Å². The lowest BCUT2D eigenvalue weighted by atomic mass is 9.94. The number of nitrogens with zero attached hydrogens (tertiary/aromatic N) is 1. The van der Waals surface area contributed by atoms with Crippen molar-refractivity contribution in [2.45, 2.75) is 30.7 Å². The molecule has 3 aromatic rings. The molecular formula is C26H28N2O3S. The normalized spacial score (nSPS) is 18.1. The molecule has 3 aromatic carbocycles. The Hall–Kier alpha value is -2.96. The first-order valence-electron chi connectivity index (χ1n) is 10.9. The number of hydrogen-bond donors (Lipinski definition) is 1. The topological polar surface area (TPSA) is 66.5 Å². The van der Waals surface area contributed by atoms with Gasteiger partial charge in [0.25, 0.3) is 0 Å². The zero-order valence-corrected chi connectivity index (χ0v) is 19.0. The quantitative estimate of drug-likeness (QED) is 0.611. The Morgan fingerprint density at radius 1 is 0.906 bits per heavy atom. The summed E-state index contributed by atoms with van der Waals surface area (Å²) in [5, 5.41) is 3.19. The van der Waals surface area contributed by atoms with Gasteiger partial charge in [0.05, 0.1) is 16.9 Å². The molecular weight excluding hydrogens is 420 g/mol. The van der Waals surface area contributed by atoms with Crippen LogP contribution in [0.1, 0.15) is 35.6 Å². The van der Waals surface area contributed by atoms with E-state index in [1.165, 1.54) is 4.31 Å². The Kier molecular flexibility index (Phi) is 6.72. The van der Waals surface area contributed by atoms with Crippen LogP contribution < -0.4 is 5.32 Å². The van der Waals surface area contributed by atoms with Gasteiger partial charge in [-0.05, 0) is 43.0 Å². The van der Waals surface area contributed by atoms with E-state index in [0.717, 1.165) is 16.7 Å². The summed E-state index contributed by atoms with van der Waals surface area (Å²) in [6, 6.07) is 26.1. The van der Waals surface area contributed by atoms with Crippen LogP contribution in [0.2, 0.25) is 0 Å². The van der Waals surface area contributed by atoms with Crippen molar-refractivity contribution in [1.82, 2.24) is 9.62 Å². The van der Waals surface area contributed by atoms with Gasteiger partial charge in [0, 0.05) is 13.1 Å². The van der Waals surface area contributed by atoms with E-state index in [1.54, 1.807) is 30.3 Å². The van der Waals surface area contributed by atoms with Crippen LogP contribution in [-0.2, 0) is 14.8 Å². The monoisotopic (exact) mass is 448 g/mol. The molecule has 0 saturated carbocycles. The van der Waals surface area contributed by atoms with Crippen LogP contribution in [0.5, 0.6) is 0 Å². The molecule has 0 spiro atoms. The zero-order valence-electron chi connectivity index (χ0n) is 18.1. The fourth-order valence-corrected chi connectivity index (χ4v) is 5.68. The summed E-state index contributed by atoms with van der Waals surface area (Å²) in [7, 11) is -3.61. The van der Waals surface area contributed by atoms with E-state index in [0.29, 0.717) is 19.4 Å². The van der Waals surface area contributed by atoms with Crippen molar-refractivity contribution in [2.75, 3.05) is 13.1 Å². The maximum absolute atomic E-state index is 13.3. The molecule has 1 N–H and O–H groups in total. The number of amides is 1. The molecule has 1 aliphatic heterocycles. The van der Waals surface area contributed by atoms with E-state index in [9.17, 15) is 13.2 Å². The number of benzene rings is 3. The van der Waals surface area contributed by atoms with Crippen molar-refractivity contribution in [3.05, 3.63) is 102 Å². The summed E-state index contributed by atoms with van der Waals surface area (Å²) in [5.41, 5.74) is 3.15. The second-order valence-corrected chi connectivity index (χ2v) is 10.2. The van der Waals surface area contributed by atoms with Crippen LogP contribution in [0.25, 0.3) is 0 Å². The highest BCUT2D eigenvalue weighted by Gasteiger charge is 2.34. The van der Waals surface area contributed by atoms with E-state index in [1.807, 2.05) is 61.5 Å². The first-order valence-corrected chi connectivity index (χ1v) is 12.4. The maximum Gasteiger partial charge on any atom is 0.243 e. The number of carbonyl (C=O) groups is 1. The number of carbonyl (C=O) groups excluding carboxylic acids is 1. The number of sulfonamides is 1. The number of rotatable bonds is 6. The van der Waals surface area contributed by atoms with E-state index in [2.05, 4.69) is 5.32 Å². The predicted molar refractivity (Wildman–Crippen MR) is 126 cm³/mol. The summed E-state index contributed by atoms with van der Waals surface area (Å²) >= 11 is 0. The molecule has 0 bridgehead atoms. The van der Waals surface area contributed by atoms with Crippen LogP contribution in [0.3, 0.4) is 0 Å². The molecule has 32 heavy (non-hydrogen) atoms. The van der Waals surface area contributed by atoms with Crippen molar-refractivity contribution in [3.63, 3.8) is 0 Å². The molecule has 1 fully saturated rings. The number of nitrogens with one attached hydrogen (secondary N) is 1. The molecule has 4 rings (SSSR count).